The van der Waals surface area contributed by atoms with E-state index in [-0.39, 0.29) is 0 Å². The Bertz CT molecular complexity index is 617. The maximum absolute atomic E-state index is 8.92. The minimum atomic E-state index is 0.642. The number of halogens is 1. The standard InChI is InChI=1S/C14H12BrN3/c1-10-6-7-17-14(13(10)15)18(2)12-5-3-4-11(8-12)9-16/h3-8H,1-2H3. The van der Waals surface area contributed by atoms with Gasteiger partial charge >= 0.3 is 0 Å². The van der Waals surface area contributed by atoms with Crippen LogP contribution in [0.3, 0.4) is 0 Å². The van der Waals surface area contributed by atoms with Crippen molar-refractivity contribution in [1.82, 2.24) is 4.98 Å². The van der Waals surface area contributed by atoms with Crippen molar-refractivity contribution >= 4 is 27.4 Å². The van der Waals surface area contributed by atoms with Gasteiger partial charge in [-0.3, -0.25) is 0 Å². The molecule has 0 atom stereocenters. The second-order valence-electron chi connectivity index (χ2n) is 3.99. The average Bonchev–Trinajstić information content (AvgIpc) is 2.41. The van der Waals surface area contributed by atoms with Crippen LogP contribution in [-0.4, -0.2) is 12.0 Å². The number of anilines is 2. The van der Waals surface area contributed by atoms with Gasteiger partial charge in [0.1, 0.15) is 5.82 Å². The lowest BCUT2D eigenvalue weighted by Crippen LogP contribution is -2.12. The summed E-state index contributed by atoms with van der Waals surface area (Å²) in [4.78, 5) is 6.32. The van der Waals surface area contributed by atoms with Crippen molar-refractivity contribution in [2.24, 2.45) is 0 Å². The number of benzene rings is 1. The number of aromatic nitrogens is 1. The molecule has 4 heteroatoms. The maximum Gasteiger partial charge on any atom is 0.147 e. The highest BCUT2D eigenvalue weighted by atomic mass is 79.9. The molecule has 0 N–H and O–H groups in total. The topological polar surface area (TPSA) is 39.9 Å². The highest BCUT2D eigenvalue weighted by molar-refractivity contribution is 9.10. The fourth-order valence-electron chi connectivity index (χ4n) is 1.67. The molecule has 1 aromatic heterocycles. The van der Waals surface area contributed by atoms with Crippen LogP contribution in [0.4, 0.5) is 11.5 Å². The first-order valence-corrected chi connectivity index (χ1v) is 6.28. The van der Waals surface area contributed by atoms with E-state index in [1.54, 1.807) is 12.3 Å². The molecule has 0 amide bonds. The second kappa shape index (κ2) is 5.19. The molecular weight excluding hydrogens is 290 g/mol. The van der Waals surface area contributed by atoms with Crippen LogP contribution in [0.15, 0.2) is 41.0 Å². The van der Waals surface area contributed by atoms with Crippen molar-refractivity contribution < 1.29 is 0 Å². The molecule has 0 unspecified atom stereocenters. The van der Waals surface area contributed by atoms with E-state index >= 15 is 0 Å². The van der Waals surface area contributed by atoms with Gasteiger partial charge in [-0.2, -0.15) is 5.26 Å². The van der Waals surface area contributed by atoms with E-state index in [1.165, 1.54) is 0 Å². The van der Waals surface area contributed by atoms with Crippen LogP contribution in [0, 0.1) is 18.3 Å². The Balaban J connectivity index is 2.45. The lowest BCUT2D eigenvalue weighted by Gasteiger charge is -2.20. The van der Waals surface area contributed by atoms with Crippen molar-refractivity contribution in [1.29, 1.82) is 5.26 Å². The minimum absolute atomic E-state index is 0.642. The van der Waals surface area contributed by atoms with Crippen molar-refractivity contribution in [2.45, 2.75) is 6.92 Å². The van der Waals surface area contributed by atoms with Crippen molar-refractivity contribution in [3.63, 3.8) is 0 Å². The summed E-state index contributed by atoms with van der Waals surface area (Å²) in [5.41, 5.74) is 2.71. The number of hydrogen-bond acceptors (Lipinski definition) is 3. The Hall–Kier alpha value is -1.86. The third-order valence-electron chi connectivity index (χ3n) is 2.74. The molecule has 0 aliphatic carbocycles. The van der Waals surface area contributed by atoms with Gasteiger partial charge in [0.05, 0.1) is 16.1 Å². The maximum atomic E-state index is 8.92. The molecule has 0 bridgehead atoms. The molecule has 0 aliphatic rings. The summed E-state index contributed by atoms with van der Waals surface area (Å²) >= 11 is 3.54. The molecule has 1 heterocycles. The van der Waals surface area contributed by atoms with Gasteiger partial charge in [0.15, 0.2) is 0 Å². The van der Waals surface area contributed by atoms with Gasteiger partial charge in [0.25, 0.3) is 0 Å². The summed E-state index contributed by atoms with van der Waals surface area (Å²) < 4.78 is 0.967. The van der Waals surface area contributed by atoms with Gasteiger partial charge < -0.3 is 4.90 Å². The average molecular weight is 302 g/mol. The molecule has 0 saturated carbocycles. The third-order valence-corrected chi connectivity index (χ3v) is 3.72. The molecule has 0 saturated heterocycles. The van der Waals surface area contributed by atoms with Crippen LogP contribution in [0.5, 0.6) is 0 Å². The Morgan fingerprint density at radius 3 is 2.83 bits per heavy atom. The Morgan fingerprint density at radius 2 is 2.11 bits per heavy atom. The molecule has 3 nitrogen and oxygen atoms in total. The van der Waals surface area contributed by atoms with Crippen LogP contribution in [0.2, 0.25) is 0 Å². The van der Waals surface area contributed by atoms with Gasteiger partial charge in [-0.15, -0.1) is 0 Å². The first-order valence-electron chi connectivity index (χ1n) is 5.48. The van der Waals surface area contributed by atoms with Gasteiger partial charge in [-0.25, -0.2) is 4.98 Å². The van der Waals surface area contributed by atoms with E-state index in [1.807, 2.05) is 43.1 Å². The lowest BCUT2D eigenvalue weighted by molar-refractivity contribution is 1.10. The van der Waals surface area contributed by atoms with Crippen LogP contribution in [0.1, 0.15) is 11.1 Å². The Labute approximate surface area is 115 Å². The van der Waals surface area contributed by atoms with Crippen molar-refractivity contribution in [3.8, 4) is 6.07 Å². The minimum Gasteiger partial charge on any atom is -0.328 e. The lowest BCUT2D eigenvalue weighted by atomic mass is 10.2. The molecule has 0 radical (unpaired) electrons. The zero-order chi connectivity index (χ0) is 13.1. The first kappa shape index (κ1) is 12.6. The number of nitrogens with zero attached hydrogens (tertiary/aromatic N) is 3. The molecular formula is C14H12BrN3. The summed E-state index contributed by atoms with van der Waals surface area (Å²) in [7, 11) is 1.93. The molecule has 1 aromatic carbocycles. The SMILES string of the molecule is Cc1ccnc(N(C)c2cccc(C#N)c2)c1Br. The number of aryl methyl sites for hydroxylation is 1. The van der Waals surface area contributed by atoms with E-state index in [0.717, 1.165) is 21.5 Å². The predicted octanol–water partition coefficient (Wildman–Crippen LogP) is 3.79. The van der Waals surface area contributed by atoms with E-state index in [0.29, 0.717) is 5.56 Å². The number of nitriles is 1. The molecule has 0 fully saturated rings. The smallest absolute Gasteiger partial charge is 0.147 e. The van der Waals surface area contributed by atoms with Crippen molar-refractivity contribution in [3.05, 3.63) is 52.1 Å². The molecule has 18 heavy (non-hydrogen) atoms. The molecule has 0 spiro atoms. The summed E-state index contributed by atoms with van der Waals surface area (Å²) in [5, 5.41) is 8.92. The highest BCUT2D eigenvalue weighted by Gasteiger charge is 2.11. The molecule has 2 rings (SSSR count). The van der Waals surface area contributed by atoms with Crippen LogP contribution < -0.4 is 4.90 Å². The summed E-state index contributed by atoms with van der Waals surface area (Å²) in [5.74, 6) is 0.838. The number of pyridine rings is 1. The zero-order valence-corrected chi connectivity index (χ0v) is 11.8. The van der Waals surface area contributed by atoms with Gasteiger partial charge in [0, 0.05) is 18.9 Å². The van der Waals surface area contributed by atoms with E-state index in [4.69, 9.17) is 5.26 Å². The van der Waals surface area contributed by atoms with E-state index in [2.05, 4.69) is 27.0 Å². The van der Waals surface area contributed by atoms with E-state index in [9.17, 15) is 0 Å². The Morgan fingerprint density at radius 1 is 1.33 bits per heavy atom. The number of hydrogen-bond donors (Lipinski definition) is 0. The second-order valence-corrected chi connectivity index (χ2v) is 4.78. The van der Waals surface area contributed by atoms with E-state index < -0.39 is 0 Å². The fourth-order valence-corrected chi connectivity index (χ4v) is 2.17. The fraction of sp³-hybridized carbons (Fsp3) is 0.143. The summed E-state index contributed by atoms with van der Waals surface area (Å²) in [6.07, 6.45) is 1.78. The van der Waals surface area contributed by atoms with Gasteiger partial charge in [-0.1, -0.05) is 6.07 Å². The van der Waals surface area contributed by atoms with Gasteiger partial charge in [0.2, 0.25) is 0 Å². The number of rotatable bonds is 2. The third kappa shape index (κ3) is 2.36. The largest absolute Gasteiger partial charge is 0.328 e. The monoisotopic (exact) mass is 301 g/mol. The summed E-state index contributed by atoms with van der Waals surface area (Å²) in [6, 6.07) is 11.5. The predicted molar refractivity (Wildman–Crippen MR) is 75.9 cm³/mol. The Kier molecular flexibility index (Phi) is 3.63. The van der Waals surface area contributed by atoms with Crippen LogP contribution in [0.25, 0.3) is 0 Å². The first-order chi connectivity index (χ1) is 8.63. The normalized spacial score (nSPS) is 9.89. The van der Waals surface area contributed by atoms with Crippen LogP contribution in [-0.2, 0) is 0 Å². The molecule has 2 aromatic rings. The quantitative estimate of drug-likeness (QED) is 0.847. The summed E-state index contributed by atoms with van der Waals surface area (Å²) in [6.45, 7) is 2.02. The molecule has 0 aliphatic heterocycles. The van der Waals surface area contributed by atoms with Crippen LogP contribution >= 0.6 is 15.9 Å². The zero-order valence-electron chi connectivity index (χ0n) is 10.2. The van der Waals surface area contributed by atoms with Crippen molar-refractivity contribution in [2.75, 3.05) is 11.9 Å². The highest BCUT2D eigenvalue weighted by Crippen LogP contribution is 2.30. The van der Waals surface area contributed by atoms with Gasteiger partial charge in [-0.05, 0) is 52.7 Å². The molecule has 90 valence electrons.